The minimum Gasteiger partial charge on any atom is -0.316 e. The van der Waals surface area contributed by atoms with E-state index >= 15 is 0 Å². The van der Waals surface area contributed by atoms with Gasteiger partial charge in [-0.3, -0.25) is 0 Å². The van der Waals surface area contributed by atoms with Crippen LogP contribution < -0.4 is 5.32 Å². The van der Waals surface area contributed by atoms with Gasteiger partial charge >= 0.3 is 0 Å². The predicted octanol–water partition coefficient (Wildman–Crippen LogP) is 3.56. The maximum absolute atomic E-state index is 3.18. The molecule has 0 saturated carbocycles. The second-order valence-corrected chi connectivity index (χ2v) is 3.38. The molecule has 0 saturated heterocycles. The van der Waals surface area contributed by atoms with Crippen molar-refractivity contribution in [3.63, 3.8) is 0 Å². The lowest BCUT2D eigenvalue weighted by Crippen LogP contribution is -2.08. The van der Waals surface area contributed by atoms with Crippen LogP contribution in [-0.4, -0.2) is 7.05 Å². The Kier molecular flexibility index (Phi) is 7.13. The molecule has 0 fully saturated rings. The van der Waals surface area contributed by atoms with E-state index in [1.165, 1.54) is 11.1 Å². The lowest BCUT2D eigenvalue weighted by molar-refractivity contribution is 0.776. The van der Waals surface area contributed by atoms with Crippen molar-refractivity contribution in [2.24, 2.45) is 0 Å². The van der Waals surface area contributed by atoms with Crippen LogP contribution in [0.2, 0.25) is 0 Å². The van der Waals surface area contributed by atoms with Gasteiger partial charge in [-0.1, -0.05) is 52.0 Å². The van der Waals surface area contributed by atoms with E-state index in [4.69, 9.17) is 0 Å². The number of hydrogen-bond donors (Lipinski definition) is 1. The Morgan fingerprint density at radius 2 is 1.71 bits per heavy atom. The Morgan fingerprint density at radius 3 is 2.21 bits per heavy atom. The Hall–Kier alpha value is -0.820. The Morgan fingerprint density at radius 1 is 1.14 bits per heavy atom. The first kappa shape index (κ1) is 13.2. The Balaban J connectivity index is 0.000000791. The van der Waals surface area contributed by atoms with Gasteiger partial charge in [0, 0.05) is 6.54 Å². The molecule has 14 heavy (non-hydrogen) atoms. The number of hydrogen-bond acceptors (Lipinski definition) is 1. The van der Waals surface area contributed by atoms with E-state index in [0.29, 0.717) is 5.92 Å². The molecule has 1 N–H and O–H groups in total. The third kappa shape index (κ3) is 3.93. The standard InChI is InChI=1S/C11H17N.C2H6/c1-9(2)11-7-5-4-6-10(11)8-12-3;1-2/h4-7,9,12H,8H2,1-3H3;1-2H3. The minimum absolute atomic E-state index is 0.620. The van der Waals surface area contributed by atoms with Crippen molar-refractivity contribution in [1.29, 1.82) is 0 Å². The summed E-state index contributed by atoms with van der Waals surface area (Å²) < 4.78 is 0. The Bertz CT molecular complexity index is 241. The fourth-order valence-corrected chi connectivity index (χ4v) is 1.45. The SMILES string of the molecule is CC.CNCc1ccccc1C(C)C. The highest BCUT2D eigenvalue weighted by Crippen LogP contribution is 2.18. The third-order valence-corrected chi connectivity index (χ3v) is 2.04. The molecular formula is C13H23N. The summed E-state index contributed by atoms with van der Waals surface area (Å²) in [6.45, 7) is 9.43. The zero-order valence-corrected chi connectivity index (χ0v) is 10.1. The van der Waals surface area contributed by atoms with Crippen molar-refractivity contribution >= 4 is 0 Å². The normalized spacial score (nSPS) is 9.57. The van der Waals surface area contributed by atoms with Crippen molar-refractivity contribution in [3.8, 4) is 0 Å². The molecule has 0 radical (unpaired) electrons. The van der Waals surface area contributed by atoms with Crippen LogP contribution in [0.5, 0.6) is 0 Å². The summed E-state index contributed by atoms with van der Waals surface area (Å²) >= 11 is 0. The highest BCUT2D eigenvalue weighted by Gasteiger charge is 2.03. The quantitative estimate of drug-likeness (QED) is 0.774. The largest absolute Gasteiger partial charge is 0.316 e. The fraction of sp³-hybridized carbons (Fsp3) is 0.538. The molecule has 0 spiro atoms. The smallest absolute Gasteiger partial charge is 0.0205 e. The fourth-order valence-electron chi connectivity index (χ4n) is 1.45. The predicted molar refractivity (Wildman–Crippen MR) is 64.6 cm³/mol. The summed E-state index contributed by atoms with van der Waals surface area (Å²) in [6.07, 6.45) is 0. The zero-order chi connectivity index (χ0) is 11.0. The lowest BCUT2D eigenvalue weighted by atomic mass is 9.97. The van der Waals surface area contributed by atoms with Crippen LogP contribution in [0.15, 0.2) is 24.3 Å². The van der Waals surface area contributed by atoms with E-state index < -0.39 is 0 Å². The third-order valence-electron chi connectivity index (χ3n) is 2.04. The molecule has 0 aromatic heterocycles. The van der Waals surface area contributed by atoms with Gasteiger partial charge in [0.1, 0.15) is 0 Å². The summed E-state index contributed by atoms with van der Waals surface area (Å²) in [5.74, 6) is 0.620. The minimum atomic E-state index is 0.620. The van der Waals surface area contributed by atoms with E-state index in [9.17, 15) is 0 Å². The molecular weight excluding hydrogens is 170 g/mol. The second kappa shape index (κ2) is 7.57. The maximum atomic E-state index is 3.18. The van der Waals surface area contributed by atoms with E-state index in [0.717, 1.165) is 6.54 Å². The van der Waals surface area contributed by atoms with Crippen LogP contribution >= 0.6 is 0 Å². The van der Waals surface area contributed by atoms with E-state index in [-0.39, 0.29) is 0 Å². The van der Waals surface area contributed by atoms with Crippen LogP contribution in [-0.2, 0) is 6.54 Å². The average Bonchev–Trinajstić information content (AvgIpc) is 2.22. The summed E-state index contributed by atoms with van der Waals surface area (Å²) in [7, 11) is 1.98. The van der Waals surface area contributed by atoms with Gasteiger partial charge in [-0.2, -0.15) is 0 Å². The lowest BCUT2D eigenvalue weighted by Gasteiger charge is -2.11. The molecule has 1 heteroatoms. The molecule has 0 aliphatic rings. The van der Waals surface area contributed by atoms with Gasteiger partial charge in [0.05, 0.1) is 0 Å². The van der Waals surface area contributed by atoms with E-state index in [2.05, 4.69) is 43.4 Å². The monoisotopic (exact) mass is 193 g/mol. The summed E-state index contributed by atoms with van der Waals surface area (Å²) in [4.78, 5) is 0. The van der Waals surface area contributed by atoms with Gasteiger partial charge in [0.25, 0.3) is 0 Å². The Labute approximate surface area is 88.5 Å². The maximum Gasteiger partial charge on any atom is 0.0205 e. The highest BCUT2D eigenvalue weighted by atomic mass is 14.8. The molecule has 0 atom stereocenters. The number of nitrogens with one attached hydrogen (secondary N) is 1. The highest BCUT2D eigenvalue weighted by molar-refractivity contribution is 5.29. The molecule has 1 aromatic rings. The molecule has 0 aliphatic carbocycles. The van der Waals surface area contributed by atoms with Gasteiger partial charge in [0.15, 0.2) is 0 Å². The first-order valence-electron chi connectivity index (χ1n) is 5.48. The molecule has 1 rings (SSSR count). The summed E-state index contributed by atoms with van der Waals surface area (Å²) in [6, 6.07) is 8.59. The topological polar surface area (TPSA) is 12.0 Å². The molecule has 0 unspecified atom stereocenters. The number of rotatable bonds is 3. The van der Waals surface area contributed by atoms with Crippen LogP contribution in [0.1, 0.15) is 44.7 Å². The van der Waals surface area contributed by atoms with Gasteiger partial charge in [-0.25, -0.2) is 0 Å². The van der Waals surface area contributed by atoms with E-state index in [1.54, 1.807) is 0 Å². The molecule has 80 valence electrons. The van der Waals surface area contributed by atoms with Crippen LogP contribution in [0.4, 0.5) is 0 Å². The van der Waals surface area contributed by atoms with Gasteiger partial charge in [-0.05, 0) is 24.1 Å². The van der Waals surface area contributed by atoms with E-state index in [1.807, 2.05) is 20.9 Å². The molecule has 0 bridgehead atoms. The molecule has 1 aromatic carbocycles. The van der Waals surface area contributed by atoms with Crippen molar-refractivity contribution in [2.75, 3.05) is 7.05 Å². The van der Waals surface area contributed by atoms with Crippen LogP contribution in [0, 0.1) is 0 Å². The summed E-state index contributed by atoms with van der Waals surface area (Å²) in [5.41, 5.74) is 2.86. The molecule has 0 aliphatic heterocycles. The van der Waals surface area contributed by atoms with Gasteiger partial charge < -0.3 is 5.32 Å². The molecule has 0 amide bonds. The van der Waals surface area contributed by atoms with Crippen molar-refractivity contribution in [2.45, 2.75) is 40.2 Å². The average molecular weight is 193 g/mol. The zero-order valence-electron chi connectivity index (χ0n) is 10.1. The van der Waals surface area contributed by atoms with Gasteiger partial charge in [-0.15, -0.1) is 0 Å². The number of benzene rings is 1. The van der Waals surface area contributed by atoms with Crippen molar-refractivity contribution in [3.05, 3.63) is 35.4 Å². The van der Waals surface area contributed by atoms with Crippen molar-refractivity contribution in [1.82, 2.24) is 5.32 Å². The first-order valence-corrected chi connectivity index (χ1v) is 5.48. The second-order valence-electron chi connectivity index (χ2n) is 3.38. The van der Waals surface area contributed by atoms with Crippen LogP contribution in [0.25, 0.3) is 0 Å². The molecule has 0 heterocycles. The first-order chi connectivity index (χ1) is 6.75. The van der Waals surface area contributed by atoms with Crippen LogP contribution in [0.3, 0.4) is 0 Å². The summed E-state index contributed by atoms with van der Waals surface area (Å²) in [5, 5.41) is 3.18. The van der Waals surface area contributed by atoms with Gasteiger partial charge in [0.2, 0.25) is 0 Å². The van der Waals surface area contributed by atoms with Crippen molar-refractivity contribution < 1.29 is 0 Å². The molecule has 1 nitrogen and oxygen atoms in total.